The molecule has 0 amide bonds. The number of phenols is 1. The van der Waals surface area contributed by atoms with Gasteiger partial charge in [-0.15, -0.1) is 0 Å². The average molecular weight is 620 g/mol. The van der Waals surface area contributed by atoms with Crippen molar-refractivity contribution >= 4 is 5.78 Å². The Balaban J connectivity index is 0.000000246. The Morgan fingerprint density at radius 2 is 1.24 bits per heavy atom. The number of hydrogen-bond donors (Lipinski definition) is 2. The SMILES string of the molecule is CCCc1c(-c2cc(F)ccc2OC)ccc(C(C)=O)c1O.CCCc1c(-c2cc(F)ccc2OC)ccc(C(C)N)c1OC. The number of phenolic OH excluding ortho intramolecular Hbond substituents is 1. The standard InChI is InChI=1S/C19H24FNO2.C18H19FO3/c1-5-6-16-15(9-8-14(12(2)21)19(16)23-4)17-11-13(20)7-10-18(17)22-3;1-4-5-15-14(8-7-13(11(2)20)18(15)21)16-10-12(19)6-9-17(16)22-3/h7-12H,5-6,21H2,1-4H3;6-10,21H,4-5H2,1-3H3. The van der Waals surface area contributed by atoms with Gasteiger partial charge in [0.2, 0.25) is 0 Å². The summed E-state index contributed by atoms with van der Waals surface area (Å²) < 4.78 is 43.7. The van der Waals surface area contributed by atoms with E-state index in [9.17, 15) is 18.7 Å². The number of carbonyl (C=O) groups excluding carboxylic acids is 1. The minimum absolute atomic E-state index is 0.0295. The largest absolute Gasteiger partial charge is 0.507 e. The fourth-order valence-electron chi connectivity index (χ4n) is 5.45. The second-order valence-electron chi connectivity index (χ2n) is 10.7. The molecular weight excluding hydrogens is 576 g/mol. The summed E-state index contributed by atoms with van der Waals surface area (Å²) in [5, 5.41) is 10.4. The van der Waals surface area contributed by atoms with Crippen LogP contribution in [0.1, 0.15) is 73.6 Å². The number of Topliss-reactive ketones (excluding diaryl/α,β-unsaturated/α-hetero) is 1. The van der Waals surface area contributed by atoms with Crippen LogP contribution in [0.15, 0.2) is 60.7 Å². The molecule has 4 rings (SSSR count). The number of ether oxygens (including phenoxy) is 3. The zero-order valence-corrected chi connectivity index (χ0v) is 27.1. The highest BCUT2D eigenvalue weighted by molar-refractivity contribution is 5.98. The average Bonchev–Trinajstić information content (AvgIpc) is 3.02. The van der Waals surface area contributed by atoms with Gasteiger partial charge in [-0.2, -0.15) is 0 Å². The van der Waals surface area contributed by atoms with Gasteiger partial charge in [-0.3, -0.25) is 4.79 Å². The molecule has 4 aromatic carbocycles. The first-order valence-electron chi connectivity index (χ1n) is 15.0. The number of hydrogen-bond acceptors (Lipinski definition) is 6. The van der Waals surface area contributed by atoms with E-state index in [-0.39, 0.29) is 34.8 Å². The van der Waals surface area contributed by atoms with E-state index in [0.717, 1.165) is 47.3 Å². The molecule has 1 atom stereocenters. The molecule has 0 bridgehead atoms. The van der Waals surface area contributed by atoms with Crippen molar-refractivity contribution in [3.05, 3.63) is 94.6 Å². The third-order valence-electron chi connectivity index (χ3n) is 7.55. The van der Waals surface area contributed by atoms with Crippen LogP contribution in [0.5, 0.6) is 23.0 Å². The number of ketones is 1. The molecule has 45 heavy (non-hydrogen) atoms. The molecule has 4 aromatic rings. The molecule has 1 unspecified atom stereocenters. The molecule has 0 fully saturated rings. The van der Waals surface area contributed by atoms with Crippen molar-refractivity contribution in [2.75, 3.05) is 21.3 Å². The number of aromatic hydroxyl groups is 1. The van der Waals surface area contributed by atoms with Crippen LogP contribution in [-0.4, -0.2) is 32.2 Å². The van der Waals surface area contributed by atoms with E-state index in [2.05, 4.69) is 6.92 Å². The van der Waals surface area contributed by atoms with Crippen LogP contribution in [0, 0.1) is 11.6 Å². The first-order chi connectivity index (χ1) is 21.5. The molecule has 0 aromatic heterocycles. The third kappa shape index (κ3) is 8.00. The summed E-state index contributed by atoms with van der Waals surface area (Å²) in [6, 6.07) is 15.9. The van der Waals surface area contributed by atoms with Gasteiger partial charge >= 0.3 is 0 Å². The molecule has 3 N–H and O–H groups in total. The molecule has 0 aliphatic rings. The fraction of sp³-hybridized carbons (Fsp3) is 0.324. The summed E-state index contributed by atoms with van der Waals surface area (Å²) in [7, 11) is 4.75. The first-order valence-corrected chi connectivity index (χ1v) is 15.0. The number of methoxy groups -OCH3 is 3. The lowest BCUT2D eigenvalue weighted by Crippen LogP contribution is -2.09. The van der Waals surface area contributed by atoms with Crippen LogP contribution >= 0.6 is 0 Å². The van der Waals surface area contributed by atoms with E-state index in [1.165, 1.54) is 38.3 Å². The second-order valence-corrected chi connectivity index (χ2v) is 10.7. The number of carbonyl (C=O) groups is 1. The monoisotopic (exact) mass is 619 g/mol. The smallest absolute Gasteiger partial charge is 0.163 e. The van der Waals surface area contributed by atoms with Gasteiger partial charge in [-0.1, -0.05) is 44.9 Å². The molecule has 0 saturated heterocycles. The van der Waals surface area contributed by atoms with Crippen LogP contribution in [0.25, 0.3) is 22.3 Å². The zero-order chi connectivity index (χ0) is 33.3. The molecule has 6 nitrogen and oxygen atoms in total. The van der Waals surface area contributed by atoms with E-state index in [4.69, 9.17) is 19.9 Å². The Hall–Kier alpha value is -4.43. The third-order valence-corrected chi connectivity index (χ3v) is 7.55. The molecule has 0 heterocycles. The van der Waals surface area contributed by atoms with Crippen LogP contribution in [0.3, 0.4) is 0 Å². The van der Waals surface area contributed by atoms with Gasteiger partial charge in [0.25, 0.3) is 0 Å². The fourth-order valence-corrected chi connectivity index (χ4v) is 5.45. The van der Waals surface area contributed by atoms with Crippen molar-refractivity contribution in [1.29, 1.82) is 0 Å². The normalized spacial score (nSPS) is 11.3. The highest BCUT2D eigenvalue weighted by Gasteiger charge is 2.20. The number of benzene rings is 4. The van der Waals surface area contributed by atoms with E-state index in [1.54, 1.807) is 38.5 Å². The lowest BCUT2D eigenvalue weighted by atomic mass is 9.91. The summed E-state index contributed by atoms with van der Waals surface area (Å²) in [4.78, 5) is 11.6. The van der Waals surface area contributed by atoms with Gasteiger partial charge in [0.15, 0.2) is 5.78 Å². The van der Waals surface area contributed by atoms with Crippen molar-refractivity contribution in [3.63, 3.8) is 0 Å². The summed E-state index contributed by atoms with van der Waals surface area (Å²) in [6.07, 6.45) is 3.14. The molecule has 0 radical (unpaired) electrons. The minimum atomic E-state index is -0.381. The van der Waals surface area contributed by atoms with Crippen LogP contribution < -0.4 is 19.9 Å². The molecular formula is C37H43F2NO5. The lowest BCUT2D eigenvalue weighted by Gasteiger charge is -2.20. The minimum Gasteiger partial charge on any atom is -0.507 e. The number of halogens is 2. The van der Waals surface area contributed by atoms with Crippen LogP contribution in [-0.2, 0) is 12.8 Å². The molecule has 0 spiro atoms. The quantitative estimate of drug-likeness (QED) is 0.163. The van der Waals surface area contributed by atoms with E-state index in [0.29, 0.717) is 34.6 Å². The highest BCUT2D eigenvalue weighted by atomic mass is 19.1. The predicted molar refractivity (Wildman–Crippen MR) is 176 cm³/mol. The molecule has 0 aliphatic heterocycles. The second kappa shape index (κ2) is 16.0. The molecule has 240 valence electrons. The van der Waals surface area contributed by atoms with Gasteiger partial charge in [-0.05, 0) is 80.3 Å². The zero-order valence-electron chi connectivity index (χ0n) is 27.1. The number of nitrogens with two attached hydrogens (primary N) is 1. The van der Waals surface area contributed by atoms with Crippen molar-refractivity contribution in [2.45, 2.75) is 59.4 Å². The Kier molecular flexibility index (Phi) is 12.5. The van der Waals surface area contributed by atoms with Crippen molar-refractivity contribution < 1.29 is 32.9 Å². The Morgan fingerprint density at radius 1 is 0.756 bits per heavy atom. The van der Waals surface area contributed by atoms with Gasteiger partial charge in [-0.25, -0.2) is 8.78 Å². The summed E-state index contributed by atoms with van der Waals surface area (Å²) in [5.74, 6) is 1.04. The Bertz CT molecular complexity index is 1630. The number of rotatable bonds is 11. The molecule has 0 aliphatic carbocycles. The van der Waals surface area contributed by atoms with Crippen LogP contribution in [0.2, 0.25) is 0 Å². The molecule has 8 heteroatoms. The van der Waals surface area contributed by atoms with E-state index >= 15 is 0 Å². The summed E-state index contributed by atoms with van der Waals surface area (Å²) >= 11 is 0. The van der Waals surface area contributed by atoms with E-state index < -0.39 is 0 Å². The van der Waals surface area contributed by atoms with Crippen LogP contribution in [0.4, 0.5) is 8.78 Å². The maximum atomic E-state index is 13.8. The van der Waals surface area contributed by atoms with Crippen molar-refractivity contribution in [3.8, 4) is 45.3 Å². The van der Waals surface area contributed by atoms with Gasteiger partial charge in [0.1, 0.15) is 34.6 Å². The highest BCUT2D eigenvalue weighted by Crippen LogP contribution is 2.41. The van der Waals surface area contributed by atoms with Gasteiger partial charge in [0, 0.05) is 33.9 Å². The predicted octanol–water partition coefficient (Wildman–Crippen LogP) is 8.84. The molecule has 0 saturated carbocycles. The topological polar surface area (TPSA) is 91.0 Å². The summed E-state index contributed by atoms with van der Waals surface area (Å²) in [6.45, 7) is 7.42. The lowest BCUT2D eigenvalue weighted by molar-refractivity contribution is 0.101. The summed E-state index contributed by atoms with van der Waals surface area (Å²) in [5.41, 5.74) is 11.9. The van der Waals surface area contributed by atoms with Crippen molar-refractivity contribution in [1.82, 2.24) is 0 Å². The van der Waals surface area contributed by atoms with Gasteiger partial charge in [0.05, 0.1) is 26.9 Å². The first kappa shape index (κ1) is 35.1. The Morgan fingerprint density at radius 3 is 1.69 bits per heavy atom. The van der Waals surface area contributed by atoms with Gasteiger partial charge < -0.3 is 25.1 Å². The Labute approximate surface area is 264 Å². The maximum absolute atomic E-state index is 13.8. The van der Waals surface area contributed by atoms with E-state index in [1.807, 2.05) is 26.0 Å². The van der Waals surface area contributed by atoms with Crippen molar-refractivity contribution in [2.24, 2.45) is 5.73 Å². The maximum Gasteiger partial charge on any atom is 0.163 e.